The predicted molar refractivity (Wildman–Crippen MR) is 107 cm³/mol. The van der Waals surface area contributed by atoms with E-state index in [1.165, 1.54) is 0 Å². The minimum Gasteiger partial charge on any atom is -0.378 e. The number of nitrogens with one attached hydrogen (secondary N) is 1. The fraction of sp³-hybridized carbons (Fsp3) is 0.190. The Hall–Kier alpha value is -3.21. The maximum Gasteiger partial charge on any atom is 0.273 e. The van der Waals surface area contributed by atoms with Gasteiger partial charge in [-0.3, -0.25) is 9.78 Å². The maximum atomic E-state index is 12.5. The van der Waals surface area contributed by atoms with Crippen LogP contribution in [0.2, 0.25) is 0 Å². The molecule has 0 unspecified atom stereocenters. The highest BCUT2D eigenvalue weighted by molar-refractivity contribution is 5.99. The fourth-order valence-corrected chi connectivity index (χ4v) is 2.75. The van der Waals surface area contributed by atoms with Gasteiger partial charge in [0, 0.05) is 25.2 Å². The highest BCUT2D eigenvalue weighted by Crippen LogP contribution is 2.19. The van der Waals surface area contributed by atoms with Crippen LogP contribution in [0.15, 0.2) is 53.6 Å². The summed E-state index contributed by atoms with van der Waals surface area (Å²) in [5.41, 5.74) is 7.85. The van der Waals surface area contributed by atoms with Crippen LogP contribution in [-0.4, -0.2) is 31.2 Å². The van der Waals surface area contributed by atoms with Crippen molar-refractivity contribution in [2.24, 2.45) is 5.10 Å². The molecule has 26 heavy (non-hydrogen) atoms. The molecule has 0 aliphatic heterocycles. The first-order valence-corrected chi connectivity index (χ1v) is 8.43. The van der Waals surface area contributed by atoms with Crippen LogP contribution in [0.25, 0.3) is 10.9 Å². The largest absolute Gasteiger partial charge is 0.378 e. The van der Waals surface area contributed by atoms with Crippen molar-refractivity contribution in [2.75, 3.05) is 19.0 Å². The Labute approximate surface area is 153 Å². The zero-order valence-corrected chi connectivity index (χ0v) is 15.4. The van der Waals surface area contributed by atoms with Crippen molar-refractivity contribution in [2.45, 2.75) is 13.8 Å². The molecule has 0 fully saturated rings. The van der Waals surface area contributed by atoms with Crippen LogP contribution in [0, 0.1) is 13.8 Å². The molecule has 3 aromatic rings. The second-order valence-corrected chi connectivity index (χ2v) is 6.45. The van der Waals surface area contributed by atoms with Gasteiger partial charge in [0.05, 0.1) is 23.0 Å². The summed E-state index contributed by atoms with van der Waals surface area (Å²) in [5, 5.41) is 5.01. The Morgan fingerprint density at radius 1 is 1.12 bits per heavy atom. The van der Waals surface area contributed by atoms with E-state index >= 15 is 0 Å². The third-order valence-electron chi connectivity index (χ3n) is 4.27. The number of fused-ring (bicyclic) bond motifs is 1. The zero-order valence-electron chi connectivity index (χ0n) is 15.4. The van der Waals surface area contributed by atoms with Gasteiger partial charge in [0.2, 0.25) is 0 Å². The van der Waals surface area contributed by atoms with E-state index in [1.54, 1.807) is 6.21 Å². The number of amides is 1. The lowest BCUT2D eigenvalue weighted by Gasteiger charge is -2.11. The summed E-state index contributed by atoms with van der Waals surface area (Å²) in [4.78, 5) is 19.1. The Morgan fingerprint density at radius 3 is 2.54 bits per heavy atom. The van der Waals surface area contributed by atoms with Crippen molar-refractivity contribution in [1.82, 2.24) is 10.4 Å². The van der Waals surface area contributed by atoms with Crippen molar-refractivity contribution in [3.05, 3.63) is 70.9 Å². The molecule has 2 aromatic carbocycles. The molecule has 1 amide bonds. The van der Waals surface area contributed by atoms with Crippen molar-refractivity contribution in [3.63, 3.8) is 0 Å². The molecule has 0 aliphatic carbocycles. The number of nitrogens with zero attached hydrogens (tertiary/aromatic N) is 3. The number of anilines is 1. The van der Waals surface area contributed by atoms with E-state index in [0.29, 0.717) is 11.3 Å². The molecule has 0 atom stereocenters. The Kier molecular flexibility index (Phi) is 4.98. The SMILES string of the molecule is Cc1nc2c(C)cccc2cc1C(=O)N/N=C\c1ccc(N(C)C)cc1. The van der Waals surface area contributed by atoms with E-state index < -0.39 is 0 Å². The number of aryl methyl sites for hydroxylation is 2. The summed E-state index contributed by atoms with van der Waals surface area (Å²) in [6.07, 6.45) is 1.63. The highest BCUT2D eigenvalue weighted by atomic mass is 16.2. The Morgan fingerprint density at radius 2 is 1.85 bits per heavy atom. The lowest BCUT2D eigenvalue weighted by atomic mass is 10.1. The van der Waals surface area contributed by atoms with Crippen molar-refractivity contribution < 1.29 is 4.79 Å². The first-order chi connectivity index (χ1) is 12.5. The first-order valence-electron chi connectivity index (χ1n) is 8.43. The van der Waals surface area contributed by atoms with E-state index in [2.05, 4.69) is 15.5 Å². The number of hydrogen-bond acceptors (Lipinski definition) is 4. The van der Waals surface area contributed by atoms with E-state index in [9.17, 15) is 4.79 Å². The number of pyridine rings is 1. The summed E-state index contributed by atoms with van der Waals surface area (Å²) < 4.78 is 0. The van der Waals surface area contributed by atoms with Gasteiger partial charge in [-0.05, 0) is 43.2 Å². The maximum absolute atomic E-state index is 12.5. The molecule has 0 saturated carbocycles. The third-order valence-corrected chi connectivity index (χ3v) is 4.27. The summed E-state index contributed by atoms with van der Waals surface area (Å²) in [6.45, 7) is 3.85. The lowest BCUT2D eigenvalue weighted by Crippen LogP contribution is -2.19. The first kappa shape index (κ1) is 17.6. The van der Waals surface area contributed by atoms with E-state index in [0.717, 1.165) is 27.7 Å². The molecular weight excluding hydrogens is 324 g/mol. The second kappa shape index (κ2) is 7.35. The number of carbonyl (C=O) groups excluding carboxylic acids is 1. The van der Waals surface area contributed by atoms with Crippen molar-refractivity contribution in [3.8, 4) is 0 Å². The van der Waals surface area contributed by atoms with Crippen LogP contribution in [0.5, 0.6) is 0 Å². The molecule has 0 bridgehead atoms. The smallest absolute Gasteiger partial charge is 0.273 e. The monoisotopic (exact) mass is 346 g/mol. The summed E-state index contributed by atoms with van der Waals surface area (Å²) in [7, 11) is 3.98. The van der Waals surface area contributed by atoms with Crippen LogP contribution in [0.3, 0.4) is 0 Å². The van der Waals surface area contributed by atoms with Crippen LogP contribution >= 0.6 is 0 Å². The van der Waals surface area contributed by atoms with Gasteiger partial charge >= 0.3 is 0 Å². The molecule has 1 aromatic heterocycles. The number of hydrazone groups is 1. The van der Waals surface area contributed by atoms with Gasteiger partial charge in [0.15, 0.2) is 0 Å². The fourth-order valence-electron chi connectivity index (χ4n) is 2.75. The van der Waals surface area contributed by atoms with E-state index in [4.69, 9.17) is 0 Å². The van der Waals surface area contributed by atoms with Gasteiger partial charge in [-0.2, -0.15) is 5.10 Å². The minimum atomic E-state index is -0.264. The highest BCUT2D eigenvalue weighted by Gasteiger charge is 2.11. The van der Waals surface area contributed by atoms with Gasteiger partial charge in [0.1, 0.15) is 0 Å². The van der Waals surface area contributed by atoms with E-state index in [-0.39, 0.29) is 5.91 Å². The van der Waals surface area contributed by atoms with Gasteiger partial charge in [-0.15, -0.1) is 0 Å². The quantitative estimate of drug-likeness (QED) is 0.579. The van der Waals surface area contributed by atoms with Crippen LogP contribution in [-0.2, 0) is 0 Å². The molecule has 1 N–H and O–H groups in total. The normalized spacial score (nSPS) is 11.1. The van der Waals surface area contributed by atoms with Crippen molar-refractivity contribution in [1.29, 1.82) is 0 Å². The number of benzene rings is 2. The van der Waals surface area contributed by atoms with Gasteiger partial charge in [-0.1, -0.05) is 30.3 Å². The van der Waals surface area contributed by atoms with Gasteiger partial charge in [0.25, 0.3) is 5.91 Å². The summed E-state index contributed by atoms with van der Waals surface area (Å²) in [6, 6.07) is 15.7. The molecule has 5 heteroatoms. The topological polar surface area (TPSA) is 57.6 Å². The minimum absolute atomic E-state index is 0.264. The van der Waals surface area contributed by atoms with E-state index in [1.807, 2.05) is 81.4 Å². The number of hydrogen-bond donors (Lipinski definition) is 1. The summed E-state index contributed by atoms with van der Waals surface area (Å²) >= 11 is 0. The standard InChI is InChI=1S/C21H22N4O/c1-14-6-5-7-17-12-19(15(2)23-20(14)17)21(26)24-22-13-16-8-10-18(11-9-16)25(3)4/h5-13H,1-4H3,(H,24,26)/b22-13-. The molecule has 0 aliphatic rings. The molecule has 1 heterocycles. The molecule has 0 spiro atoms. The average molecular weight is 346 g/mol. The molecule has 0 radical (unpaired) electrons. The number of para-hydroxylation sites is 1. The number of rotatable bonds is 4. The Bertz CT molecular complexity index is 975. The number of aromatic nitrogens is 1. The summed E-state index contributed by atoms with van der Waals surface area (Å²) in [5.74, 6) is -0.264. The van der Waals surface area contributed by atoms with Crippen LogP contribution < -0.4 is 10.3 Å². The van der Waals surface area contributed by atoms with Crippen LogP contribution in [0.1, 0.15) is 27.2 Å². The molecule has 3 rings (SSSR count). The van der Waals surface area contributed by atoms with Crippen molar-refractivity contribution >= 4 is 28.7 Å². The Balaban J connectivity index is 1.75. The number of carbonyl (C=O) groups is 1. The molecule has 132 valence electrons. The lowest BCUT2D eigenvalue weighted by molar-refractivity contribution is 0.0954. The van der Waals surface area contributed by atoms with Gasteiger partial charge < -0.3 is 4.90 Å². The van der Waals surface area contributed by atoms with Gasteiger partial charge in [-0.25, -0.2) is 5.43 Å². The molecule has 5 nitrogen and oxygen atoms in total. The molecule has 0 saturated heterocycles. The zero-order chi connectivity index (χ0) is 18.7. The second-order valence-electron chi connectivity index (χ2n) is 6.45. The average Bonchev–Trinajstić information content (AvgIpc) is 2.62. The van der Waals surface area contributed by atoms with Crippen LogP contribution in [0.4, 0.5) is 5.69 Å². The predicted octanol–water partition coefficient (Wildman–Crippen LogP) is 3.68. The molecular formula is C21H22N4O. The third kappa shape index (κ3) is 3.72.